The molecule has 2 N–H and O–H groups in total. The van der Waals surface area contributed by atoms with Crippen molar-refractivity contribution in [2.24, 2.45) is 0 Å². The van der Waals surface area contributed by atoms with Gasteiger partial charge < -0.3 is 15.5 Å². The van der Waals surface area contributed by atoms with Gasteiger partial charge in [0.25, 0.3) is 0 Å². The number of nitrogens with one attached hydrogen (secondary N) is 2. The quantitative estimate of drug-likeness (QED) is 0.578. The third-order valence-electron chi connectivity index (χ3n) is 4.66. The van der Waals surface area contributed by atoms with Gasteiger partial charge in [-0.05, 0) is 42.5 Å². The Labute approximate surface area is 178 Å². The van der Waals surface area contributed by atoms with Crippen LogP contribution in [0.4, 0.5) is 27.1 Å². The maximum Gasteiger partial charge on any atom is 0.226 e. The summed E-state index contributed by atoms with van der Waals surface area (Å²) >= 11 is 1.72. The van der Waals surface area contributed by atoms with Crippen molar-refractivity contribution in [3.05, 3.63) is 72.5 Å². The molecule has 0 aromatic heterocycles. The van der Waals surface area contributed by atoms with Gasteiger partial charge in [0.15, 0.2) is 0 Å². The highest BCUT2D eigenvalue weighted by atomic mass is 32.2. The van der Waals surface area contributed by atoms with Crippen molar-refractivity contribution in [2.75, 3.05) is 22.1 Å². The molecule has 0 unspecified atom stereocenters. The number of hydrogen-bond donors (Lipinski definition) is 2. The van der Waals surface area contributed by atoms with Gasteiger partial charge in [-0.1, -0.05) is 36.0 Å². The molecule has 0 saturated carbocycles. The highest BCUT2D eigenvalue weighted by Crippen LogP contribution is 2.47. The van der Waals surface area contributed by atoms with E-state index in [9.17, 15) is 14.0 Å². The molecule has 0 fully saturated rings. The number of para-hydroxylation sites is 2. The molecule has 0 spiro atoms. The third kappa shape index (κ3) is 4.31. The Hall–Kier alpha value is -3.32. The number of amides is 2. The predicted molar refractivity (Wildman–Crippen MR) is 118 cm³/mol. The standard InChI is InChI=1S/C23H20FN3O2S/c1-15(28)25-18-14-16(10-11-17(18)24)26-23(29)12-13-27-19-6-2-4-8-21(19)30-22-9-5-3-7-20(22)27/h2-11,14H,12-13H2,1H3,(H,25,28)(H,26,29). The van der Waals surface area contributed by atoms with E-state index < -0.39 is 5.82 Å². The molecule has 30 heavy (non-hydrogen) atoms. The summed E-state index contributed by atoms with van der Waals surface area (Å²) in [6.45, 7) is 1.80. The Kier molecular flexibility index (Phi) is 5.72. The highest BCUT2D eigenvalue weighted by molar-refractivity contribution is 7.99. The van der Waals surface area contributed by atoms with E-state index in [0.29, 0.717) is 12.2 Å². The number of rotatable bonds is 5. The van der Waals surface area contributed by atoms with Crippen LogP contribution in [0, 0.1) is 5.82 Å². The Morgan fingerprint density at radius 2 is 1.57 bits per heavy atom. The van der Waals surface area contributed by atoms with Crippen LogP contribution in [0.1, 0.15) is 13.3 Å². The van der Waals surface area contributed by atoms with Crippen LogP contribution in [0.15, 0.2) is 76.5 Å². The molecule has 4 rings (SSSR count). The molecule has 0 saturated heterocycles. The summed E-state index contributed by atoms with van der Waals surface area (Å²) in [5, 5.41) is 5.20. The zero-order valence-electron chi connectivity index (χ0n) is 16.3. The van der Waals surface area contributed by atoms with Crippen molar-refractivity contribution < 1.29 is 14.0 Å². The summed E-state index contributed by atoms with van der Waals surface area (Å²) in [5.41, 5.74) is 2.61. The van der Waals surface area contributed by atoms with Gasteiger partial charge >= 0.3 is 0 Å². The summed E-state index contributed by atoms with van der Waals surface area (Å²) in [5.74, 6) is -1.12. The normalized spacial score (nSPS) is 12.0. The molecular formula is C23H20FN3O2S. The van der Waals surface area contributed by atoms with Crippen LogP contribution in [-0.2, 0) is 9.59 Å². The molecule has 1 aliphatic heterocycles. The highest BCUT2D eigenvalue weighted by Gasteiger charge is 2.23. The maximum atomic E-state index is 13.8. The average Bonchev–Trinajstić information content (AvgIpc) is 2.73. The Bertz CT molecular complexity index is 1070. The number of halogens is 1. The van der Waals surface area contributed by atoms with Gasteiger partial charge in [0, 0.05) is 35.4 Å². The van der Waals surface area contributed by atoms with Gasteiger partial charge in [-0.3, -0.25) is 9.59 Å². The molecule has 0 radical (unpaired) electrons. The largest absolute Gasteiger partial charge is 0.339 e. The summed E-state index contributed by atoms with van der Waals surface area (Å²) in [7, 11) is 0. The van der Waals surface area contributed by atoms with E-state index in [1.54, 1.807) is 11.8 Å². The first-order chi connectivity index (χ1) is 14.5. The monoisotopic (exact) mass is 421 g/mol. The lowest BCUT2D eigenvalue weighted by Crippen LogP contribution is -2.26. The van der Waals surface area contributed by atoms with E-state index in [4.69, 9.17) is 0 Å². The van der Waals surface area contributed by atoms with Gasteiger partial charge in [-0.25, -0.2) is 4.39 Å². The Balaban J connectivity index is 1.48. The van der Waals surface area contributed by atoms with E-state index >= 15 is 0 Å². The van der Waals surface area contributed by atoms with Gasteiger partial charge in [-0.2, -0.15) is 0 Å². The van der Waals surface area contributed by atoms with Crippen molar-refractivity contribution in [1.29, 1.82) is 0 Å². The number of nitrogens with zero attached hydrogens (tertiary/aromatic N) is 1. The minimum absolute atomic E-state index is 0.0382. The first kappa shape index (κ1) is 20.0. The van der Waals surface area contributed by atoms with Crippen LogP contribution < -0.4 is 15.5 Å². The molecule has 3 aromatic rings. The van der Waals surface area contributed by atoms with E-state index in [1.807, 2.05) is 24.3 Å². The summed E-state index contributed by atoms with van der Waals surface area (Å²) in [4.78, 5) is 28.2. The first-order valence-corrected chi connectivity index (χ1v) is 10.3. The van der Waals surface area contributed by atoms with Crippen LogP contribution in [0.5, 0.6) is 0 Å². The van der Waals surface area contributed by atoms with E-state index in [1.165, 1.54) is 25.1 Å². The molecule has 1 heterocycles. The van der Waals surface area contributed by atoms with Gasteiger partial charge in [0.1, 0.15) is 5.82 Å². The smallest absolute Gasteiger partial charge is 0.226 e. The lowest BCUT2D eigenvalue weighted by Gasteiger charge is -2.32. The fourth-order valence-electron chi connectivity index (χ4n) is 3.35. The lowest BCUT2D eigenvalue weighted by atomic mass is 10.2. The number of carbonyl (C=O) groups excluding carboxylic acids is 2. The second kappa shape index (κ2) is 8.59. The van der Waals surface area contributed by atoms with Crippen molar-refractivity contribution in [3.8, 4) is 0 Å². The van der Waals surface area contributed by atoms with Crippen molar-refractivity contribution in [2.45, 2.75) is 23.1 Å². The molecule has 0 bridgehead atoms. The summed E-state index contributed by atoms with van der Waals surface area (Å²) in [6, 6.07) is 20.3. The third-order valence-corrected chi connectivity index (χ3v) is 5.79. The Morgan fingerprint density at radius 3 is 2.20 bits per heavy atom. The van der Waals surface area contributed by atoms with Crippen molar-refractivity contribution in [3.63, 3.8) is 0 Å². The van der Waals surface area contributed by atoms with Crippen LogP contribution >= 0.6 is 11.8 Å². The maximum absolute atomic E-state index is 13.8. The zero-order valence-corrected chi connectivity index (χ0v) is 17.1. The fourth-order valence-corrected chi connectivity index (χ4v) is 4.44. The van der Waals surface area contributed by atoms with Crippen molar-refractivity contribution in [1.82, 2.24) is 0 Å². The number of carbonyl (C=O) groups is 2. The topological polar surface area (TPSA) is 61.4 Å². The summed E-state index contributed by atoms with van der Waals surface area (Å²) in [6.07, 6.45) is 0.250. The van der Waals surface area contributed by atoms with Crippen molar-refractivity contribution >= 4 is 46.3 Å². The predicted octanol–water partition coefficient (Wildman–Crippen LogP) is 5.42. The molecule has 152 valence electrons. The molecule has 7 heteroatoms. The molecule has 0 aliphatic carbocycles. The van der Waals surface area contributed by atoms with Crippen LogP contribution in [0.25, 0.3) is 0 Å². The molecule has 5 nitrogen and oxygen atoms in total. The molecule has 2 amide bonds. The average molecular weight is 421 g/mol. The molecule has 1 aliphatic rings. The fraction of sp³-hybridized carbons (Fsp3) is 0.130. The minimum atomic E-state index is -0.553. The number of fused-ring (bicyclic) bond motifs is 2. The van der Waals surface area contributed by atoms with Gasteiger partial charge in [0.05, 0.1) is 17.1 Å². The number of hydrogen-bond acceptors (Lipinski definition) is 4. The van der Waals surface area contributed by atoms with Crippen LogP contribution in [0.2, 0.25) is 0 Å². The summed E-state index contributed by atoms with van der Waals surface area (Å²) < 4.78 is 13.8. The SMILES string of the molecule is CC(=O)Nc1cc(NC(=O)CCN2c3ccccc3Sc3ccccc32)ccc1F. The molecular weight excluding hydrogens is 401 g/mol. The molecule has 0 atom stereocenters. The Morgan fingerprint density at radius 1 is 0.933 bits per heavy atom. The number of anilines is 4. The minimum Gasteiger partial charge on any atom is -0.339 e. The number of benzene rings is 3. The van der Waals surface area contributed by atoms with E-state index in [2.05, 4.69) is 39.8 Å². The van der Waals surface area contributed by atoms with E-state index in [0.717, 1.165) is 21.2 Å². The van der Waals surface area contributed by atoms with E-state index in [-0.39, 0.29) is 23.9 Å². The molecule has 3 aromatic carbocycles. The zero-order chi connectivity index (χ0) is 21.1. The van der Waals surface area contributed by atoms with Gasteiger partial charge in [0.2, 0.25) is 11.8 Å². The first-order valence-electron chi connectivity index (χ1n) is 9.52. The van der Waals surface area contributed by atoms with Gasteiger partial charge in [-0.15, -0.1) is 0 Å². The second-order valence-electron chi connectivity index (χ2n) is 6.86. The van der Waals surface area contributed by atoms with Crippen LogP contribution in [0.3, 0.4) is 0 Å². The second-order valence-corrected chi connectivity index (χ2v) is 7.95. The lowest BCUT2D eigenvalue weighted by molar-refractivity contribution is -0.116. The van der Waals surface area contributed by atoms with Crippen LogP contribution in [-0.4, -0.2) is 18.4 Å².